The summed E-state index contributed by atoms with van der Waals surface area (Å²) in [6.07, 6.45) is 0. The molecular weight excluding hydrogens is 448 g/mol. The minimum Gasteiger partial charge on any atom is -0.507 e. The van der Waals surface area contributed by atoms with Crippen LogP contribution in [0.1, 0.15) is 33.0 Å². The smallest absolute Gasteiger partial charge is 0.282 e. The number of thiophene rings is 1. The van der Waals surface area contributed by atoms with Gasteiger partial charge in [0.25, 0.3) is 5.56 Å². The Morgan fingerprint density at radius 2 is 1.86 bits per heavy atom. The number of hydrogen-bond acceptors (Lipinski definition) is 4. The van der Waals surface area contributed by atoms with E-state index in [2.05, 4.69) is 31.5 Å². The minimum absolute atomic E-state index is 0.120. The summed E-state index contributed by atoms with van der Waals surface area (Å²) in [5.74, 6) is 0.637. The van der Waals surface area contributed by atoms with Crippen LogP contribution < -0.4 is 5.56 Å². The zero-order valence-electron chi connectivity index (χ0n) is 15.9. The molecule has 0 saturated heterocycles. The summed E-state index contributed by atoms with van der Waals surface area (Å²) < 4.78 is 3.00. The first kappa shape index (κ1) is 18.3. The molecular formula is C23H17BrN2O2S. The van der Waals surface area contributed by atoms with Crippen LogP contribution in [0.2, 0.25) is 0 Å². The van der Waals surface area contributed by atoms with Crippen LogP contribution in [0.25, 0.3) is 21.5 Å². The van der Waals surface area contributed by atoms with Crippen LogP contribution in [0.15, 0.2) is 57.8 Å². The van der Waals surface area contributed by atoms with Crippen LogP contribution in [-0.4, -0.2) is 14.7 Å². The number of aromatic nitrogens is 2. The summed E-state index contributed by atoms with van der Waals surface area (Å²) in [5, 5.41) is 11.9. The maximum Gasteiger partial charge on any atom is 0.282 e. The topological polar surface area (TPSA) is 55.1 Å². The van der Waals surface area contributed by atoms with Gasteiger partial charge >= 0.3 is 0 Å². The third kappa shape index (κ3) is 2.78. The lowest BCUT2D eigenvalue weighted by atomic mass is 9.92. The Balaban J connectivity index is 1.90. The van der Waals surface area contributed by atoms with Crippen LogP contribution in [0, 0.1) is 13.8 Å². The van der Waals surface area contributed by atoms with Crippen molar-refractivity contribution in [2.24, 2.45) is 0 Å². The lowest BCUT2D eigenvalue weighted by Gasteiger charge is -2.25. The van der Waals surface area contributed by atoms with Gasteiger partial charge in [-0.3, -0.25) is 4.79 Å². The Morgan fingerprint density at radius 3 is 2.62 bits per heavy atom. The summed E-state index contributed by atoms with van der Waals surface area (Å²) in [5.41, 5.74) is 4.02. The first-order chi connectivity index (χ1) is 14.0. The van der Waals surface area contributed by atoms with E-state index in [1.807, 2.05) is 56.3 Å². The molecule has 0 spiro atoms. The third-order valence-corrected chi connectivity index (χ3v) is 7.24. The number of aryl methyl sites for hydroxylation is 2. The van der Waals surface area contributed by atoms with Gasteiger partial charge in [-0.1, -0.05) is 52.3 Å². The molecule has 0 fully saturated rings. The fourth-order valence-corrected chi connectivity index (χ4v) is 5.29. The van der Waals surface area contributed by atoms with Crippen molar-refractivity contribution in [1.82, 2.24) is 9.55 Å². The lowest BCUT2D eigenvalue weighted by molar-refractivity contribution is 0.512. The molecule has 0 atom stereocenters. The third-order valence-electron chi connectivity index (χ3n) is 5.48. The minimum atomic E-state index is -0.242. The molecule has 4 nitrogen and oxygen atoms in total. The molecule has 0 saturated carbocycles. The van der Waals surface area contributed by atoms with E-state index in [-0.39, 0.29) is 11.3 Å². The Bertz CT molecular complexity index is 1380. The van der Waals surface area contributed by atoms with Gasteiger partial charge in [-0.15, -0.1) is 11.3 Å². The van der Waals surface area contributed by atoms with Crippen LogP contribution in [-0.2, 0) is 6.54 Å². The molecule has 5 rings (SSSR count). The Hall–Kier alpha value is -2.70. The Morgan fingerprint density at radius 1 is 1.14 bits per heavy atom. The second kappa shape index (κ2) is 6.68. The van der Waals surface area contributed by atoms with E-state index >= 15 is 0 Å². The van der Waals surface area contributed by atoms with Crippen molar-refractivity contribution in [3.05, 3.63) is 96.3 Å². The Kier molecular flexibility index (Phi) is 4.22. The van der Waals surface area contributed by atoms with E-state index in [1.165, 1.54) is 0 Å². The van der Waals surface area contributed by atoms with Gasteiger partial charge in [0.15, 0.2) is 0 Å². The van der Waals surface area contributed by atoms with Gasteiger partial charge in [-0.05, 0) is 42.7 Å². The quantitative estimate of drug-likeness (QED) is 0.325. The number of fused-ring (bicyclic) bond motifs is 4. The summed E-state index contributed by atoms with van der Waals surface area (Å²) >= 11 is 5.04. The predicted octanol–water partition coefficient (Wildman–Crippen LogP) is 5.67. The molecule has 29 heavy (non-hydrogen) atoms. The first-order valence-corrected chi connectivity index (χ1v) is 10.8. The monoisotopic (exact) mass is 464 g/mol. The van der Waals surface area contributed by atoms with Crippen molar-refractivity contribution < 1.29 is 5.11 Å². The molecule has 0 radical (unpaired) electrons. The second-order valence-corrected chi connectivity index (χ2v) is 9.30. The predicted molar refractivity (Wildman–Crippen MR) is 122 cm³/mol. The maximum atomic E-state index is 12.9. The highest BCUT2D eigenvalue weighted by Gasteiger charge is 2.28. The molecule has 0 aliphatic carbocycles. The summed E-state index contributed by atoms with van der Waals surface area (Å²) in [7, 11) is 0. The molecule has 1 aliphatic rings. The molecule has 1 aliphatic heterocycles. The highest BCUT2D eigenvalue weighted by Crippen LogP contribution is 2.39. The molecule has 0 unspecified atom stereocenters. The highest BCUT2D eigenvalue weighted by atomic mass is 79.9. The number of halogens is 1. The molecule has 4 aromatic rings. The maximum absolute atomic E-state index is 12.9. The van der Waals surface area contributed by atoms with Gasteiger partial charge in [0.05, 0.1) is 17.5 Å². The summed E-state index contributed by atoms with van der Waals surface area (Å²) in [6, 6.07) is 15.5. The fraction of sp³-hybridized carbons (Fsp3) is 0.130. The van der Waals surface area contributed by atoms with E-state index in [9.17, 15) is 9.90 Å². The lowest BCUT2D eigenvalue weighted by Crippen LogP contribution is -2.23. The number of aliphatic hydroxyl groups excluding tert-OH is 1. The average molecular weight is 465 g/mol. The van der Waals surface area contributed by atoms with Crippen LogP contribution in [0.4, 0.5) is 0 Å². The number of nitrogens with zero attached hydrogens (tertiary/aromatic N) is 2. The van der Waals surface area contributed by atoms with Crippen molar-refractivity contribution in [3.8, 4) is 0 Å². The molecule has 0 amide bonds. The van der Waals surface area contributed by atoms with Crippen molar-refractivity contribution in [2.45, 2.75) is 20.4 Å². The largest absolute Gasteiger partial charge is 0.507 e. The molecule has 1 N–H and O–H groups in total. The van der Waals surface area contributed by atoms with Gasteiger partial charge in [0.2, 0.25) is 0 Å². The molecule has 6 heteroatoms. The second-order valence-electron chi connectivity index (χ2n) is 7.18. The molecule has 144 valence electrons. The van der Waals surface area contributed by atoms with Gasteiger partial charge in [-0.2, -0.15) is 4.98 Å². The zero-order valence-corrected chi connectivity index (χ0v) is 18.3. The van der Waals surface area contributed by atoms with Crippen LogP contribution >= 0.6 is 27.3 Å². The van der Waals surface area contributed by atoms with E-state index in [0.29, 0.717) is 28.9 Å². The van der Waals surface area contributed by atoms with Crippen LogP contribution in [0.3, 0.4) is 0 Å². The summed E-state index contributed by atoms with van der Waals surface area (Å²) in [6.45, 7) is 4.61. The average Bonchev–Trinajstić information content (AvgIpc) is 3.02. The summed E-state index contributed by atoms with van der Waals surface area (Å²) in [4.78, 5) is 19.4. The van der Waals surface area contributed by atoms with E-state index in [1.54, 1.807) is 11.3 Å². The first-order valence-electron chi connectivity index (χ1n) is 9.24. The Labute approximate surface area is 179 Å². The van der Waals surface area contributed by atoms with E-state index in [4.69, 9.17) is 0 Å². The number of aliphatic hydroxyl groups is 1. The number of rotatable bonds is 1. The van der Waals surface area contributed by atoms with Gasteiger partial charge < -0.3 is 9.67 Å². The van der Waals surface area contributed by atoms with Crippen molar-refractivity contribution in [3.63, 3.8) is 0 Å². The van der Waals surface area contributed by atoms with Gasteiger partial charge in [0, 0.05) is 14.9 Å². The molecule has 2 aromatic carbocycles. The fourth-order valence-electron chi connectivity index (χ4n) is 3.88. The molecule has 0 bridgehead atoms. The van der Waals surface area contributed by atoms with Crippen molar-refractivity contribution in [2.75, 3.05) is 0 Å². The SMILES string of the molecule is Cc1sc2c(c1C)c(=O)nc1n2Cc2ccccc2C1=C(O)c1ccc(Br)cc1. The van der Waals surface area contributed by atoms with Crippen molar-refractivity contribution >= 4 is 48.8 Å². The van der Waals surface area contributed by atoms with Gasteiger partial charge in [-0.25, -0.2) is 0 Å². The van der Waals surface area contributed by atoms with Crippen LogP contribution in [0.5, 0.6) is 0 Å². The standard InChI is InChI=1S/C23H17BrN2O2S/c1-12-13(2)29-23-18(12)22(28)25-21-19(20(27)14-7-9-16(24)10-8-14)17-6-4-3-5-15(17)11-26(21)23/h3-10,27H,11H2,1-2H3. The van der Waals surface area contributed by atoms with E-state index in [0.717, 1.165) is 30.9 Å². The molecule has 2 aromatic heterocycles. The molecule has 3 heterocycles. The normalized spacial score (nSPS) is 14.6. The van der Waals surface area contributed by atoms with E-state index < -0.39 is 0 Å². The van der Waals surface area contributed by atoms with Gasteiger partial charge in [0.1, 0.15) is 16.4 Å². The highest BCUT2D eigenvalue weighted by molar-refractivity contribution is 9.10. The van der Waals surface area contributed by atoms with Crippen molar-refractivity contribution in [1.29, 1.82) is 0 Å². The zero-order chi connectivity index (χ0) is 20.3. The number of benzene rings is 2. The number of hydrogen-bond donors (Lipinski definition) is 1.